The van der Waals surface area contributed by atoms with Crippen molar-refractivity contribution in [3.8, 4) is 23.0 Å². The number of carbonyl (C=O) groups is 2. The highest BCUT2D eigenvalue weighted by Crippen LogP contribution is 2.21. The molecule has 1 aromatic heterocycles. The van der Waals surface area contributed by atoms with Crippen LogP contribution in [0.1, 0.15) is 21.2 Å². The van der Waals surface area contributed by atoms with E-state index in [2.05, 4.69) is 15.2 Å². The van der Waals surface area contributed by atoms with Crippen molar-refractivity contribution in [2.45, 2.75) is 12.2 Å². The van der Waals surface area contributed by atoms with Crippen LogP contribution in [0.4, 0.5) is 0 Å². The Morgan fingerprint density at radius 3 is 1.73 bits per heavy atom. The fraction of sp³-hybridized carbons (Fsp3) is 0.273. The smallest absolute Gasteiger partial charge is 0.383 e. The van der Waals surface area contributed by atoms with Crippen molar-refractivity contribution >= 4 is 11.9 Å². The first-order valence-corrected chi connectivity index (χ1v) is 10.2. The molecule has 33 heavy (non-hydrogen) atoms. The van der Waals surface area contributed by atoms with Crippen LogP contribution in [0.5, 0.6) is 23.0 Å². The molecule has 0 aliphatic carbocycles. The van der Waals surface area contributed by atoms with E-state index in [0.717, 1.165) is 0 Å². The predicted molar refractivity (Wildman–Crippen MR) is 110 cm³/mol. The van der Waals surface area contributed by atoms with Crippen molar-refractivity contribution < 1.29 is 38.0 Å². The zero-order valence-electron chi connectivity index (χ0n) is 17.3. The summed E-state index contributed by atoms with van der Waals surface area (Å²) in [5.74, 6) is -0.352. The summed E-state index contributed by atoms with van der Waals surface area (Å²) in [6.45, 7) is 2.37. The molecule has 5 rings (SSSR count). The van der Waals surface area contributed by atoms with E-state index in [1.807, 2.05) is 0 Å². The van der Waals surface area contributed by atoms with E-state index >= 15 is 0 Å². The number of hydrogen-bond acceptors (Lipinski definition) is 10. The number of rotatable bonds is 10. The zero-order valence-corrected chi connectivity index (χ0v) is 17.3. The number of hydrogen-bond donors (Lipinski definition) is 1. The van der Waals surface area contributed by atoms with Crippen LogP contribution in [-0.4, -0.2) is 65.8 Å². The third kappa shape index (κ3) is 5.84. The molecule has 11 heteroatoms. The minimum Gasteiger partial charge on any atom is -0.491 e. The number of epoxide rings is 2. The van der Waals surface area contributed by atoms with Crippen molar-refractivity contribution in [1.82, 2.24) is 15.2 Å². The van der Waals surface area contributed by atoms with Crippen LogP contribution < -0.4 is 18.9 Å². The standard InChI is InChI=1S/C22H19N3O8/c26-21(32-15-5-1-13(2-6-15)28-9-17-11-30-17)19-23-20(25-24-19)22(27)33-16-7-3-14(4-8-16)29-10-18-12-31-18/h1-8,17-18H,9-12H2,(H,23,24,25). The normalized spacial score (nSPS) is 18.3. The summed E-state index contributed by atoms with van der Waals surface area (Å²) in [7, 11) is 0. The van der Waals surface area contributed by atoms with Crippen LogP contribution in [-0.2, 0) is 9.47 Å². The second-order valence-electron chi connectivity index (χ2n) is 7.26. The molecule has 2 atom stereocenters. The maximum atomic E-state index is 12.3. The highest BCUT2D eigenvalue weighted by atomic mass is 16.6. The lowest BCUT2D eigenvalue weighted by Gasteiger charge is -2.06. The van der Waals surface area contributed by atoms with Gasteiger partial charge in [0.05, 0.1) is 13.2 Å². The average molecular weight is 453 g/mol. The highest BCUT2D eigenvalue weighted by Gasteiger charge is 2.24. The number of nitrogens with zero attached hydrogens (tertiary/aromatic N) is 2. The molecule has 3 heterocycles. The fourth-order valence-corrected chi connectivity index (χ4v) is 2.67. The molecule has 1 N–H and O–H groups in total. The lowest BCUT2D eigenvalue weighted by Crippen LogP contribution is -2.13. The molecule has 0 spiro atoms. The van der Waals surface area contributed by atoms with E-state index < -0.39 is 11.9 Å². The minimum absolute atomic E-state index is 0.148. The van der Waals surface area contributed by atoms with Gasteiger partial charge >= 0.3 is 11.9 Å². The van der Waals surface area contributed by atoms with Crippen LogP contribution in [0.15, 0.2) is 48.5 Å². The quantitative estimate of drug-likeness (QED) is 0.275. The number of carbonyl (C=O) groups excluding carboxylic acids is 2. The summed E-state index contributed by atoms with van der Waals surface area (Å²) >= 11 is 0. The molecule has 2 aromatic carbocycles. The van der Waals surface area contributed by atoms with Gasteiger partial charge in [0, 0.05) is 0 Å². The summed E-state index contributed by atoms with van der Waals surface area (Å²) in [5, 5.41) is 6.11. The Bertz CT molecular complexity index is 1030. The molecule has 3 aromatic rings. The molecule has 0 amide bonds. The molecular formula is C22H19N3O8. The topological polar surface area (TPSA) is 138 Å². The summed E-state index contributed by atoms with van der Waals surface area (Å²) in [6, 6.07) is 13.0. The first-order valence-electron chi connectivity index (χ1n) is 10.2. The van der Waals surface area contributed by atoms with Gasteiger partial charge in [0.1, 0.15) is 48.4 Å². The van der Waals surface area contributed by atoms with E-state index in [1.165, 1.54) is 0 Å². The molecule has 2 saturated heterocycles. The molecule has 2 aliphatic rings. The Labute approximate surface area is 187 Å². The molecule has 170 valence electrons. The molecule has 2 aliphatic heterocycles. The number of aromatic nitrogens is 3. The Morgan fingerprint density at radius 1 is 0.788 bits per heavy atom. The van der Waals surface area contributed by atoms with Gasteiger partial charge in [-0.25, -0.2) is 9.59 Å². The Kier molecular flexibility index (Phi) is 5.87. The SMILES string of the molecule is O=C(Oc1ccc(OCC2CO2)cc1)c1n[nH]c(C(=O)Oc2ccc(OCC3CO3)cc2)n1. The van der Waals surface area contributed by atoms with Gasteiger partial charge in [0.25, 0.3) is 5.82 Å². The van der Waals surface area contributed by atoms with Crippen LogP contribution in [0.3, 0.4) is 0 Å². The Hall–Kier alpha value is -3.96. The maximum absolute atomic E-state index is 12.3. The van der Waals surface area contributed by atoms with Crippen LogP contribution in [0.25, 0.3) is 0 Å². The summed E-state index contributed by atoms with van der Waals surface area (Å²) in [5.41, 5.74) is 0. The van der Waals surface area contributed by atoms with Crippen molar-refractivity contribution in [2.75, 3.05) is 26.4 Å². The summed E-state index contributed by atoms with van der Waals surface area (Å²) in [4.78, 5) is 28.4. The third-order valence-electron chi connectivity index (χ3n) is 4.61. The van der Waals surface area contributed by atoms with Gasteiger partial charge in [-0.05, 0) is 48.5 Å². The number of aromatic amines is 1. The number of ether oxygens (including phenoxy) is 6. The molecule has 2 unspecified atom stereocenters. The molecule has 0 radical (unpaired) electrons. The van der Waals surface area contributed by atoms with Crippen molar-refractivity contribution in [3.05, 3.63) is 60.2 Å². The predicted octanol–water partition coefficient (Wildman–Crippen LogP) is 1.80. The van der Waals surface area contributed by atoms with Crippen molar-refractivity contribution in [1.29, 1.82) is 0 Å². The Balaban J connectivity index is 1.12. The van der Waals surface area contributed by atoms with Crippen molar-refractivity contribution in [2.24, 2.45) is 0 Å². The average Bonchev–Trinajstić information content (AvgIpc) is 3.77. The van der Waals surface area contributed by atoms with E-state index in [0.29, 0.717) is 37.9 Å². The van der Waals surface area contributed by atoms with Gasteiger partial charge in [-0.1, -0.05) is 0 Å². The first kappa shape index (κ1) is 20.9. The van der Waals surface area contributed by atoms with E-state index in [1.54, 1.807) is 48.5 Å². The largest absolute Gasteiger partial charge is 0.491 e. The molecule has 2 fully saturated rings. The molecule has 0 saturated carbocycles. The van der Waals surface area contributed by atoms with Gasteiger partial charge in [-0.3, -0.25) is 5.10 Å². The zero-order chi connectivity index (χ0) is 22.6. The highest BCUT2D eigenvalue weighted by molar-refractivity contribution is 5.91. The monoisotopic (exact) mass is 453 g/mol. The number of H-pyrrole nitrogens is 1. The van der Waals surface area contributed by atoms with Crippen LogP contribution in [0, 0.1) is 0 Å². The number of esters is 2. The number of nitrogens with one attached hydrogen (secondary N) is 1. The second kappa shape index (κ2) is 9.27. The van der Waals surface area contributed by atoms with Gasteiger partial charge in [0.2, 0.25) is 5.82 Å². The van der Waals surface area contributed by atoms with E-state index in [9.17, 15) is 9.59 Å². The Morgan fingerprint density at radius 2 is 1.24 bits per heavy atom. The summed E-state index contributed by atoms with van der Waals surface area (Å²) in [6.07, 6.45) is 0.297. The lowest BCUT2D eigenvalue weighted by molar-refractivity contribution is 0.0722. The van der Waals surface area contributed by atoms with E-state index in [-0.39, 0.29) is 35.4 Å². The third-order valence-corrected chi connectivity index (χ3v) is 4.61. The lowest BCUT2D eigenvalue weighted by atomic mass is 10.3. The maximum Gasteiger partial charge on any atom is 0.383 e. The van der Waals surface area contributed by atoms with Crippen LogP contribution >= 0.6 is 0 Å². The van der Waals surface area contributed by atoms with Gasteiger partial charge in [0.15, 0.2) is 0 Å². The molecule has 0 bridgehead atoms. The van der Waals surface area contributed by atoms with Crippen molar-refractivity contribution in [3.63, 3.8) is 0 Å². The van der Waals surface area contributed by atoms with Gasteiger partial charge in [-0.2, -0.15) is 4.98 Å². The number of benzene rings is 2. The minimum atomic E-state index is -0.827. The first-order chi connectivity index (χ1) is 16.1. The summed E-state index contributed by atoms with van der Waals surface area (Å²) < 4.78 is 31.7. The fourth-order valence-electron chi connectivity index (χ4n) is 2.67. The van der Waals surface area contributed by atoms with Gasteiger partial charge < -0.3 is 28.4 Å². The molecular weight excluding hydrogens is 434 g/mol. The second-order valence-corrected chi connectivity index (χ2v) is 7.26. The van der Waals surface area contributed by atoms with E-state index in [4.69, 9.17) is 28.4 Å². The van der Waals surface area contributed by atoms with Crippen LogP contribution in [0.2, 0.25) is 0 Å². The molecule has 11 nitrogen and oxygen atoms in total. The van der Waals surface area contributed by atoms with Gasteiger partial charge in [-0.15, -0.1) is 5.10 Å².